The van der Waals surface area contributed by atoms with Crippen molar-refractivity contribution in [2.75, 3.05) is 26.4 Å². The molecule has 7 heteroatoms. The van der Waals surface area contributed by atoms with Crippen LogP contribution in [0.1, 0.15) is 126 Å². The molecule has 1 aliphatic rings. The van der Waals surface area contributed by atoms with Crippen LogP contribution in [-0.2, 0) is 22.9 Å². The van der Waals surface area contributed by atoms with Gasteiger partial charge in [0.05, 0.1) is 5.92 Å². The normalized spacial score (nSPS) is 19.9. The second kappa shape index (κ2) is 17.8. The number of hydrogen-bond acceptors (Lipinski definition) is 5. The van der Waals surface area contributed by atoms with Crippen LogP contribution < -0.4 is 0 Å². The maximum atomic E-state index is 13.8. The lowest BCUT2D eigenvalue weighted by atomic mass is 9.65. The number of imide groups is 1. The molecule has 1 heterocycles. The summed E-state index contributed by atoms with van der Waals surface area (Å²) in [5.74, 6) is 0.914. The summed E-state index contributed by atoms with van der Waals surface area (Å²) < 4.78 is 17.9. The highest BCUT2D eigenvalue weighted by Gasteiger charge is 2.49. The van der Waals surface area contributed by atoms with E-state index in [0.717, 1.165) is 12.8 Å². The Labute approximate surface area is 229 Å². The maximum absolute atomic E-state index is 13.8. The zero-order valence-corrected chi connectivity index (χ0v) is 26.5. The topological polar surface area (TPSA) is 65.1 Å². The first kappa shape index (κ1) is 34.3. The van der Waals surface area contributed by atoms with E-state index in [4.69, 9.17) is 13.3 Å². The summed E-state index contributed by atoms with van der Waals surface area (Å²) in [7, 11) is -2.79. The van der Waals surface area contributed by atoms with Gasteiger partial charge in [-0.15, -0.1) is 0 Å². The number of carbonyl (C=O) groups is 2. The molecule has 0 aromatic heterocycles. The van der Waals surface area contributed by atoms with E-state index < -0.39 is 8.80 Å². The summed E-state index contributed by atoms with van der Waals surface area (Å²) in [4.78, 5) is 28.4. The molecule has 0 bridgehead atoms. The molecule has 4 unspecified atom stereocenters. The summed E-state index contributed by atoms with van der Waals surface area (Å²) in [5.41, 5.74) is -0.152. The Morgan fingerprint density at radius 1 is 0.838 bits per heavy atom. The molecule has 4 atom stereocenters. The van der Waals surface area contributed by atoms with Gasteiger partial charge >= 0.3 is 8.80 Å². The minimum absolute atomic E-state index is 0.0161. The van der Waals surface area contributed by atoms with Crippen molar-refractivity contribution in [3.05, 3.63) is 0 Å². The molecule has 0 spiro atoms. The Kier molecular flexibility index (Phi) is 16.4. The molecular weight excluding hydrogens is 482 g/mol. The van der Waals surface area contributed by atoms with Crippen LogP contribution in [0, 0.1) is 23.2 Å². The molecule has 1 saturated heterocycles. The van der Waals surface area contributed by atoms with Crippen molar-refractivity contribution in [1.82, 2.24) is 4.90 Å². The molecule has 1 aliphatic heterocycles. The van der Waals surface area contributed by atoms with Crippen molar-refractivity contribution in [1.29, 1.82) is 0 Å². The molecule has 0 aromatic carbocycles. The maximum Gasteiger partial charge on any atom is 0.500 e. The molecule has 0 radical (unpaired) electrons. The second-order valence-electron chi connectivity index (χ2n) is 11.6. The summed E-state index contributed by atoms with van der Waals surface area (Å²) >= 11 is 0. The van der Waals surface area contributed by atoms with Crippen molar-refractivity contribution < 1.29 is 22.9 Å². The number of amides is 2. The molecule has 0 aromatic rings. The molecule has 218 valence electrons. The Morgan fingerprint density at radius 3 is 1.84 bits per heavy atom. The van der Waals surface area contributed by atoms with Crippen LogP contribution >= 0.6 is 0 Å². The number of nitrogens with zero attached hydrogens (tertiary/aromatic N) is 1. The largest absolute Gasteiger partial charge is 0.500 e. The van der Waals surface area contributed by atoms with Gasteiger partial charge in [0, 0.05) is 38.8 Å². The zero-order chi connectivity index (χ0) is 27.9. The van der Waals surface area contributed by atoms with Crippen molar-refractivity contribution >= 4 is 20.6 Å². The van der Waals surface area contributed by atoms with E-state index in [0.29, 0.717) is 57.1 Å². The molecule has 6 nitrogen and oxygen atoms in total. The van der Waals surface area contributed by atoms with E-state index in [-0.39, 0.29) is 23.1 Å². The van der Waals surface area contributed by atoms with Crippen LogP contribution in [0.4, 0.5) is 0 Å². The van der Waals surface area contributed by atoms with Crippen LogP contribution in [0.3, 0.4) is 0 Å². The van der Waals surface area contributed by atoms with Crippen LogP contribution in [-0.4, -0.2) is 51.9 Å². The van der Waals surface area contributed by atoms with Gasteiger partial charge in [-0.05, 0) is 57.3 Å². The molecule has 2 amide bonds. The highest BCUT2D eigenvalue weighted by molar-refractivity contribution is 6.60. The van der Waals surface area contributed by atoms with E-state index in [1.54, 1.807) is 0 Å². The van der Waals surface area contributed by atoms with Crippen molar-refractivity contribution in [3.63, 3.8) is 0 Å². The molecular formula is C30H59NO5Si. The fourth-order valence-electron chi connectivity index (χ4n) is 6.38. The molecule has 0 N–H and O–H groups in total. The predicted molar refractivity (Wildman–Crippen MR) is 154 cm³/mol. The van der Waals surface area contributed by atoms with Gasteiger partial charge < -0.3 is 13.3 Å². The number of likely N-dealkylation sites (tertiary alicyclic amines) is 1. The standard InChI is InChI=1S/C30H59NO5Si/c1-9-14-16-19-26(7)24-30(8,23-25(6)18-15-10-2)27-22-28(32)31(29(27)33)20-17-21-37(34-11-3,35-12-4)36-13-5/h25-27H,9-24H2,1-8H3. The number of carbonyl (C=O) groups excluding carboxylic acids is 2. The van der Waals surface area contributed by atoms with Gasteiger partial charge in [0.25, 0.3) is 0 Å². The van der Waals surface area contributed by atoms with Gasteiger partial charge in [0.15, 0.2) is 0 Å². The van der Waals surface area contributed by atoms with Crippen molar-refractivity contribution in [2.45, 2.75) is 132 Å². The third kappa shape index (κ3) is 11.1. The van der Waals surface area contributed by atoms with Gasteiger partial charge in [-0.1, -0.05) is 79.6 Å². The quantitative estimate of drug-likeness (QED) is 0.0801. The Balaban J connectivity index is 2.97. The zero-order valence-electron chi connectivity index (χ0n) is 25.5. The molecule has 1 rings (SSSR count). The third-order valence-electron chi connectivity index (χ3n) is 8.02. The Hall–Kier alpha value is -0.763. The highest BCUT2D eigenvalue weighted by atomic mass is 28.4. The van der Waals surface area contributed by atoms with Crippen LogP contribution in [0.2, 0.25) is 6.04 Å². The summed E-state index contributed by atoms with van der Waals surface area (Å²) in [6.45, 7) is 19.3. The molecule has 1 fully saturated rings. The predicted octanol–water partition coefficient (Wildman–Crippen LogP) is 7.63. The number of hydrogen-bond donors (Lipinski definition) is 0. The minimum atomic E-state index is -2.79. The van der Waals surface area contributed by atoms with Crippen LogP contribution in [0.25, 0.3) is 0 Å². The van der Waals surface area contributed by atoms with E-state index in [1.807, 2.05) is 20.8 Å². The number of unbranched alkanes of at least 4 members (excludes halogenated alkanes) is 3. The first-order valence-corrected chi connectivity index (χ1v) is 17.3. The SMILES string of the molecule is CCCCCC(C)CC(C)(CC(C)CCCC)C1CC(=O)N(CCC[Si](OCC)(OCC)OCC)C1=O. The van der Waals surface area contributed by atoms with Crippen LogP contribution in [0.5, 0.6) is 0 Å². The lowest BCUT2D eigenvalue weighted by molar-refractivity contribution is -0.141. The molecule has 37 heavy (non-hydrogen) atoms. The van der Waals surface area contributed by atoms with E-state index in [2.05, 4.69) is 34.6 Å². The number of rotatable bonds is 22. The fraction of sp³-hybridized carbons (Fsp3) is 0.933. The smallest absolute Gasteiger partial charge is 0.374 e. The molecule has 0 aliphatic carbocycles. The summed E-state index contributed by atoms with van der Waals surface area (Å²) in [6.07, 6.45) is 11.6. The minimum Gasteiger partial charge on any atom is -0.374 e. The van der Waals surface area contributed by atoms with Gasteiger partial charge in [-0.25, -0.2) is 0 Å². The van der Waals surface area contributed by atoms with E-state index in [1.165, 1.54) is 49.8 Å². The Morgan fingerprint density at radius 2 is 1.35 bits per heavy atom. The fourth-order valence-corrected chi connectivity index (χ4v) is 8.97. The van der Waals surface area contributed by atoms with Gasteiger partial charge in [-0.2, -0.15) is 0 Å². The lowest BCUT2D eigenvalue weighted by Crippen LogP contribution is -2.46. The second-order valence-corrected chi connectivity index (χ2v) is 14.4. The van der Waals surface area contributed by atoms with E-state index >= 15 is 0 Å². The van der Waals surface area contributed by atoms with E-state index in [9.17, 15) is 9.59 Å². The highest BCUT2D eigenvalue weighted by Crippen LogP contribution is 2.47. The van der Waals surface area contributed by atoms with Crippen LogP contribution in [0.15, 0.2) is 0 Å². The summed E-state index contributed by atoms with van der Waals surface area (Å²) in [5, 5.41) is 0. The third-order valence-corrected chi connectivity index (χ3v) is 11.2. The average Bonchev–Trinajstić information content (AvgIpc) is 3.12. The van der Waals surface area contributed by atoms with Crippen molar-refractivity contribution in [2.24, 2.45) is 23.2 Å². The first-order valence-electron chi connectivity index (χ1n) is 15.4. The van der Waals surface area contributed by atoms with Gasteiger partial charge in [0.1, 0.15) is 0 Å². The lowest BCUT2D eigenvalue weighted by Gasteiger charge is -2.39. The monoisotopic (exact) mass is 541 g/mol. The Bertz CT molecular complexity index is 643. The van der Waals surface area contributed by atoms with Gasteiger partial charge in [0.2, 0.25) is 11.8 Å². The summed E-state index contributed by atoms with van der Waals surface area (Å²) in [6, 6.07) is 0.615. The van der Waals surface area contributed by atoms with Crippen molar-refractivity contribution in [3.8, 4) is 0 Å². The first-order chi connectivity index (χ1) is 17.6. The average molecular weight is 542 g/mol. The van der Waals surface area contributed by atoms with Gasteiger partial charge in [-0.3, -0.25) is 14.5 Å². The molecule has 0 saturated carbocycles.